The van der Waals surface area contributed by atoms with Gasteiger partial charge in [-0.1, -0.05) is 20.8 Å². The molecule has 3 N–H and O–H groups in total. The zero-order valence-corrected chi connectivity index (χ0v) is 13.9. The lowest BCUT2D eigenvalue weighted by atomic mass is 9.84. The number of nitro benzene ring substituents is 1. The van der Waals surface area contributed by atoms with Crippen molar-refractivity contribution in [3.05, 3.63) is 32.8 Å². The molecule has 0 aliphatic rings. The summed E-state index contributed by atoms with van der Waals surface area (Å²) in [4.78, 5) is 22.5. The number of amides is 1. The van der Waals surface area contributed by atoms with Gasteiger partial charge in [0.25, 0.3) is 5.69 Å². The molecule has 0 heterocycles. The van der Waals surface area contributed by atoms with Gasteiger partial charge in [0.2, 0.25) is 5.91 Å². The summed E-state index contributed by atoms with van der Waals surface area (Å²) in [6, 6.07) is 4.37. The van der Waals surface area contributed by atoms with Crippen molar-refractivity contribution in [2.24, 2.45) is 17.1 Å². The number of carbonyl (C=O) groups excluding carboxylic acids is 1. The number of nitrogens with one attached hydrogen (secondary N) is 1. The van der Waals surface area contributed by atoms with Crippen LogP contribution < -0.4 is 11.1 Å². The summed E-state index contributed by atoms with van der Waals surface area (Å²) in [7, 11) is 0. The van der Waals surface area contributed by atoms with Gasteiger partial charge in [0, 0.05) is 18.3 Å². The minimum absolute atomic E-state index is 0.00255. The monoisotopic (exact) mass is 357 g/mol. The predicted octanol–water partition coefficient (Wildman–Crippen LogP) is 3.31. The van der Waals surface area contributed by atoms with Crippen molar-refractivity contribution in [2.75, 3.05) is 11.9 Å². The van der Waals surface area contributed by atoms with Crippen molar-refractivity contribution in [3.8, 4) is 0 Å². The number of benzene rings is 1. The van der Waals surface area contributed by atoms with Crippen LogP contribution in [0.3, 0.4) is 0 Å². The molecule has 0 aliphatic heterocycles. The Morgan fingerprint density at radius 2 is 2.10 bits per heavy atom. The van der Waals surface area contributed by atoms with Crippen molar-refractivity contribution in [3.63, 3.8) is 0 Å². The van der Waals surface area contributed by atoms with E-state index in [1.54, 1.807) is 0 Å². The van der Waals surface area contributed by atoms with Gasteiger partial charge < -0.3 is 11.1 Å². The molecule has 0 bridgehead atoms. The Balaban J connectivity index is 2.82. The Hall–Kier alpha value is -1.47. The number of nitrogens with two attached hydrogens (primary N) is 1. The van der Waals surface area contributed by atoms with Gasteiger partial charge in [-0.2, -0.15) is 0 Å². The van der Waals surface area contributed by atoms with Crippen LogP contribution in [0, 0.1) is 21.4 Å². The smallest absolute Gasteiger partial charge is 0.283 e. The second-order valence-corrected chi connectivity index (χ2v) is 6.96. The zero-order valence-electron chi connectivity index (χ0n) is 12.4. The summed E-state index contributed by atoms with van der Waals surface area (Å²) >= 11 is 3.12. The van der Waals surface area contributed by atoms with Crippen LogP contribution in [-0.4, -0.2) is 17.4 Å². The van der Waals surface area contributed by atoms with E-state index in [0.29, 0.717) is 16.6 Å². The van der Waals surface area contributed by atoms with Gasteiger partial charge in [-0.05, 0) is 39.9 Å². The fourth-order valence-electron chi connectivity index (χ4n) is 2.00. The molecule has 1 aromatic rings. The number of carbonyl (C=O) groups is 1. The third kappa shape index (κ3) is 5.43. The maximum Gasteiger partial charge on any atom is 0.283 e. The molecule has 21 heavy (non-hydrogen) atoms. The van der Waals surface area contributed by atoms with Crippen molar-refractivity contribution in [1.82, 2.24) is 0 Å². The number of anilines is 1. The van der Waals surface area contributed by atoms with Gasteiger partial charge in [0.1, 0.15) is 0 Å². The zero-order chi connectivity index (χ0) is 16.2. The van der Waals surface area contributed by atoms with Crippen molar-refractivity contribution in [1.29, 1.82) is 0 Å². The minimum atomic E-state index is -0.488. The van der Waals surface area contributed by atoms with Gasteiger partial charge in [0.15, 0.2) is 0 Å². The summed E-state index contributed by atoms with van der Waals surface area (Å²) in [5.74, 6) is -0.466. The molecule has 0 radical (unpaired) electrons. The van der Waals surface area contributed by atoms with Crippen LogP contribution in [0.5, 0.6) is 0 Å². The first kappa shape index (κ1) is 17.6. The molecule has 116 valence electrons. The van der Waals surface area contributed by atoms with Crippen molar-refractivity contribution >= 4 is 33.2 Å². The van der Waals surface area contributed by atoms with Crippen LogP contribution >= 0.6 is 15.9 Å². The topological polar surface area (TPSA) is 98.3 Å². The summed E-state index contributed by atoms with van der Waals surface area (Å²) in [5.41, 5.74) is 6.13. The second-order valence-electron chi connectivity index (χ2n) is 6.11. The van der Waals surface area contributed by atoms with Crippen molar-refractivity contribution in [2.45, 2.75) is 27.2 Å². The highest BCUT2D eigenvalue weighted by molar-refractivity contribution is 9.10. The minimum Gasteiger partial charge on any atom is -0.330 e. The molecule has 1 amide bonds. The Labute approximate surface area is 132 Å². The maximum atomic E-state index is 12.2. The lowest BCUT2D eigenvalue weighted by Crippen LogP contribution is -2.32. The van der Waals surface area contributed by atoms with Crippen LogP contribution in [0.15, 0.2) is 22.7 Å². The van der Waals surface area contributed by atoms with E-state index in [4.69, 9.17) is 5.73 Å². The SMILES string of the molecule is CC(C)(C)CC(CN)C(=O)Nc1ccc([N+](=O)[O-])c(Br)c1. The Bertz CT molecular complexity index is 541. The first-order chi connectivity index (χ1) is 9.64. The first-order valence-electron chi connectivity index (χ1n) is 6.59. The summed E-state index contributed by atoms with van der Waals surface area (Å²) < 4.78 is 0.324. The van der Waals surface area contributed by atoms with Gasteiger partial charge in [-0.25, -0.2) is 0 Å². The van der Waals surface area contributed by atoms with Crippen LogP contribution in [0.2, 0.25) is 0 Å². The summed E-state index contributed by atoms with van der Waals surface area (Å²) in [6.45, 7) is 6.40. The number of hydrogen-bond acceptors (Lipinski definition) is 4. The molecule has 1 atom stereocenters. The second kappa shape index (κ2) is 7.00. The number of nitro groups is 1. The molecular formula is C14H20BrN3O3. The van der Waals surface area contributed by atoms with E-state index in [-0.39, 0.29) is 29.5 Å². The molecule has 0 saturated heterocycles. The third-order valence-corrected chi connectivity index (χ3v) is 3.56. The fraction of sp³-hybridized carbons (Fsp3) is 0.500. The average molecular weight is 358 g/mol. The van der Waals surface area contributed by atoms with Gasteiger partial charge >= 0.3 is 0 Å². The number of halogens is 1. The van der Waals surface area contributed by atoms with E-state index in [9.17, 15) is 14.9 Å². The lowest BCUT2D eigenvalue weighted by molar-refractivity contribution is -0.385. The first-order valence-corrected chi connectivity index (χ1v) is 7.38. The van der Waals surface area contributed by atoms with Gasteiger partial charge in [0.05, 0.1) is 15.3 Å². The summed E-state index contributed by atoms with van der Waals surface area (Å²) in [6.07, 6.45) is 0.670. The molecule has 0 aliphatic carbocycles. The highest BCUT2D eigenvalue weighted by Crippen LogP contribution is 2.29. The number of hydrogen-bond donors (Lipinski definition) is 2. The molecule has 0 saturated carbocycles. The Morgan fingerprint density at radius 1 is 1.48 bits per heavy atom. The highest BCUT2D eigenvalue weighted by atomic mass is 79.9. The predicted molar refractivity (Wildman–Crippen MR) is 86.0 cm³/mol. The number of rotatable bonds is 5. The summed E-state index contributed by atoms with van der Waals surface area (Å²) in [5, 5.41) is 13.5. The molecule has 1 unspecified atom stereocenters. The molecule has 0 spiro atoms. The van der Waals surface area contributed by atoms with Gasteiger partial charge in [-0.15, -0.1) is 0 Å². The van der Waals surface area contributed by atoms with E-state index in [1.165, 1.54) is 18.2 Å². The largest absolute Gasteiger partial charge is 0.330 e. The van der Waals surface area contributed by atoms with E-state index in [0.717, 1.165) is 0 Å². The maximum absolute atomic E-state index is 12.2. The van der Waals surface area contributed by atoms with E-state index < -0.39 is 4.92 Å². The number of nitrogens with zero attached hydrogens (tertiary/aromatic N) is 1. The van der Waals surface area contributed by atoms with Crippen LogP contribution in [0.25, 0.3) is 0 Å². The van der Waals surface area contributed by atoms with Crippen LogP contribution in [0.1, 0.15) is 27.2 Å². The third-order valence-electron chi connectivity index (χ3n) is 2.93. The van der Waals surface area contributed by atoms with E-state index >= 15 is 0 Å². The lowest BCUT2D eigenvalue weighted by Gasteiger charge is -2.24. The Morgan fingerprint density at radius 3 is 2.52 bits per heavy atom. The molecule has 0 aromatic heterocycles. The quantitative estimate of drug-likeness (QED) is 0.623. The normalized spacial score (nSPS) is 12.8. The van der Waals surface area contributed by atoms with E-state index in [1.807, 2.05) is 20.8 Å². The standard InChI is InChI=1S/C14H20BrN3O3/c1-14(2,3)7-9(8-16)13(19)17-10-4-5-12(18(20)21)11(15)6-10/h4-6,9H,7-8,16H2,1-3H3,(H,17,19). The molecule has 7 heteroatoms. The fourth-order valence-corrected chi connectivity index (χ4v) is 2.52. The molecule has 0 fully saturated rings. The molecule has 6 nitrogen and oxygen atoms in total. The van der Waals surface area contributed by atoms with E-state index in [2.05, 4.69) is 21.2 Å². The van der Waals surface area contributed by atoms with Crippen molar-refractivity contribution < 1.29 is 9.72 Å². The highest BCUT2D eigenvalue weighted by Gasteiger charge is 2.24. The van der Waals surface area contributed by atoms with Crippen LogP contribution in [0.4, 0.5) is 11.4 Å². The molecular weight excluding hydrogens is 338 g/mol. The van der Waals surface area contributed by atoms with Gasteiger partial charge in [-0.3, -0.25) is 14.9 Å². The Kier molecular flexibility index (Phi) is 5.86. The molecule has 1 rings (SSSR count). The molecule has 1 aromatic carbocycles. The average Bonchev–Trinajstić information content (AvgIpc) is 2.34. The van der Waals surface area contributed by atoms with Crippen LogP contribution in [-0.2, 0) is 4.79 Å².